The number of rotatable bonds is 11. The summed E-state index contributed by atoms with van der Waals surface area (Å²) < 4.78 is 59.1. The van der Waals surface area contributed by atoms with Gasteiger partial charge >= 0.3 is 6.18 Å². The van der Waals surface area contributed by atoms with Crippen molar-refractivity contribution in [2.75, 3.05) is 55.9 Å². The molecule has 1 fully saturated rings. The van der Waals surface area contributed by atoms with E-state index in [1.54, 1.807) is 30.3 Å². The Bertz CT molecular complexity index is 1280. The number of ether oxygens (including phenoxy) is 1. The van der Waals surface area contributed by atoms with Crippen LogP contribution in [0.5, 0.6) is 5.75 Å². The minimum absolute atomic E-state index is 0.122. The fourth-order valence-corrected chi connectivity index (χ4v) is 4.02. The van der Waals surface area contributed by atoms with Crippen LogP contribution in [0.3, 0.4) is 0 Å². The van der Waals surface area contributed by atoms with Gasteiger partial charge in [-0.1, -0.05) is 12.1 Å². The quantitative estimate of drug-likeness (QED) is 0.213. The first-order chi connectivity index (χ1) is 18.2. The SMILES string of the molecule is COc1cc(NC2CN(CCF)C2)ccc1Nc1ncc(C(F)(F)F)c(Nc2ccccc2C(=O)CN)n1. The average Bonchev–Trinajstić information content (AvgIpc) is 2.87. The molecule has 0 unspecified atom stereocenters. The molecular formula is C25H27F4N7O2. The van der Waals surface area contributed by atoms with E-state index < -0.39 is 23.3 Å². The lowest BCUT2D eigenvalue weighted by atomic mass is 10.1. The number of nitrogens with two attached hydrogens (primary N) is 1. The molecule has 0 spiro atoms. The number of nitrogens with one attached hydrogen (secondary N) is 3. The fraction of sp³-hybridized carbons (Fsp3) is 0.320. The van der Waals surface area contributed by atoms with Gasteiger partial charge in [0.15, 0.2) is 5.78 Å². The van der Waals surface area contributed by atoms with Crippen molar-refractivity contribution in [2.45, 2.75) is 12.2 Å². The van der Waals surface area contributed by atoms with Crippen molar-refractivity contribution in [3.05, 3.63) is 59.8 Å². The molecule has 5 N–H and O–H groups in total. The van der Waals surface area contributed by atoms with E-state index in [1.807, 2.05) is 4.90 Å². The first-order valence-corrected chi connectivity index (χ1v) is 11.7. The van der Waals surface area contributed by atoms with Crippen LogP contribution in [0.4, 0.5) is 46.4 Å². The molecule has 0 saturated carbocycles. The Morgan fingerprint density at radius 2 is 1.92 bits per heavy atom. The summed E-state index contributed by atoms with van der Waals surface area (Å²) in [5.74, 6) is -0.688. The fourth-order valence-electron chi connectivity index (χ4n) is 4.02. The highest BCUT2D eigenvalue weighted by Crippen LogP contribution is 2.37. The van der Waals surface area contributed by atoms with E-state index in [1.165, 1.54) is 19.2 Å². The number of nitrogens with zero attached hydrogens (tertiary/aromatic N) is 3. The maximum absolute atomic E-state index is 13.7. The van der Waals surface area contributed by atoms with E-state index in [0.29, 0.717) is 24.2 Å². The largest absolute Gasteiger partial charge is 0.494 e. The van der Waals surface area contributed by atoms with Crippen molar-refractivity contribution in [1.29, 1.82) is 0 Å². The number of halogens is 4. The van der Waals surface area contributed by atoms with Gasteiger partial charge in [-0.05, 0) is 24.3 Å². The molecular weight excluding hydrogens is 506 g/mol. The molecule has 202 valence electrons. The second-order valence-corrected chi connectivity index (χ2v) is 8.58. The zero-order valence-corrected chi connectivity index (χ0v) is 20.5. The van der Waals surface area contributed by atoms with Crippen LogP contribution in [0.2, 0.25) is 0 Å². The van der Waals surface area contributed by atoms with Crippen LogP contribution in [0.15, 0.2) is 48.7 Å². The molecule has 2 aromatic carbocycles. The lowest BCUT2D eigenvalue weighted by Gasteiger charge is -2.39. The predicted octanol–water partition coefficient (Wildman–Crippen LogP) is 4.20. The maximum atomic E-state index is 13.7. The highest BCUT2D eigenvalue weighted by atomic mass is 19.4. The van der Waals surface area contributed by atoms with Crippen molar-refractivity contribution in [1.82, 2.24) is 14.9 Å². The highest BCUT2D eigenvalue weighted by Gasteiger charge is 2.35. The number of hydrogen-bond acceptors (Lipinski definition) is 9. The first-order valence-electron chi connectivity index (χ1n) is 11.7. The molecule has 1 aromatic heterocycles. The number of alkyl halides is 4. The van der Waals surface area contributed by atoms with Gasteiger partial charge in [0.1, 0.15) is 23.8 Å². The van der Waals surface area contributed by atoms with Crippen LogP contribution in [0, 0.1) is 0 Å². The van der Waals surface area contributed by atoms with Crippen molar-refractivity contribution in [3.63, 3.8) is 0 Å². The van der Waals surface area contributed by atoms with Gasteiger partial charge in [-0.25, -0.2) is 9.37 Å². The number of benzene rings is 2. The van der Waals surface area contributed by atoms with E-state index >= 15 is 0 Å². The van der Waals surface area contributed by atoms with Gasteiger partial charge in [0.25, 0.3) is 0 Å². The van der Waals surface area contributed by atoms with Gasteiger partial charge in [0.05, 0.1) is 31.1 Å². The molecule has 0 amide bonds. The molecule has 0 radical (unpaired) electrons. The lowest BCUT2D eigenvalue weighted by Crippen LogP contribution is -2.55. The van der Waals surface area contributed by atoms with Crippen LogP contribution in [-0.4, -0.2) is 66.7 Å². The second kappa shape index (κ2) is 11.6. The number of carbonyl (C=O) groups excluding carboxylic acids is 1. The minimum Gasteiger partial charge on any atom is -0.494 e. The van der Waals surface area contributed by atoms with Gasteiger partial charge in [-0.3, -0.25) is 9.69 Å². The molecule has 0 atom stereocenters. The topological polar surface area (TPSA) is 117 Å². The molecule has 3 aromatic rings. The van der Waals surface area contributed by atoms with E-state index in [4.69, 9.17) is 10.5 Å². The Morgan fingerprint density at radius 3 is 2.61 bits per heavy atom. The van der Waals surface area contributed by atoms with Crippen molar-refractivity contribution in [2.24, 2.45) is 5.73 Å². The molecule has 38 heavy (non-hydrogen) atoms. The zero-order valence-electron chi connectivity index (χ0n) is 20.5. The summed E-state index contributed by atoms with van der Waals surface area (Å²) in [6, 6.07) is 11.5. The Morgan fingerprint density at radius 1 is 1.16 bits per heavy atom. The number of Topliss-reactive ketones (excluding diaryl/α,β-unsaturated/α-hetero) is 1. The predicted molar refractivity (Wildman–Crippen MR) is 136 cm³/mol. The van der Waals surface area contributed by atoms with Gasteiger partial charge in [-0.2, -0.15) is 18.2 Å². The molecule has 1 aliphatic rings. The summed E-state index contributed by atoms with van der Waals surface area (Å²) in [5, 5.41) is 8.85. The lowest BCUT2D eigenvalue weighted by molar-refractivity contribution is -0.137. The van der Waals surface area contributed by atoms with Crippen molar-refractivity contribution in [3.8, 4) is 5.75 Å². The Balaban J connectivity index is 1.57. The summed E-state index contributed by atoms with van der Waals surface area (Å²) in [5.41, 5.74) is 5.81. The van der Waals surface area contributed by atoms with Crippen LogP contribution >= 0.6 is 0 Å². The molecule has 13 heteroatoms. The number of aromatic nitrogens is 2. The average molecular weight is 534 g/mol. The van der Waals surface area contributed by atoms with Crippen molar-refractivity contribution < 1.29 is 27.1 Å². The summed E-state index contributed by atoms with van der Waals surface area (Å²) in [7, 11) is 1.46. The van der Waals surface area contributed by atoms with Crippen LogP contribution < -0.4 is 26.4 Å². The summed E-state index contributed by atoms with van der Waals surface area (Å²) in [6.45, 7) is 1.16. The maximum Gasteiger partial charge on any atom is 0.421 e. The van der Waals surface area contributed by atoms with Gasteiger partial charge < -0.3 is 26.4 Å². The summed E-state index contributed by atoms with van der Waals surface area (Å²) >= 11 is 0. The molecule has 0 bridgehead atoms. The number of anilines is 5. The van der Waals surface area contributed by atoms with E-state index in [9.17, 15) is 22.4 Å². The molecule has 1 aliphatic heterocycles. The molecule has 0 aliphatic carbocycles. The van der Waals surface area contributed by atoms with Crippen LogP contribution in [-0.2, 0) is 6.18 Å². The number of para-hydroxylation sites is 1. The third-order valence-corrected chi connectivity index (χ3v) is 5.94. The Labute approximate surface area is 216 Å². The standard InChI is InChI=1S/C25H27F4N7O2/c1-38-22-10-15(32-16-13-36(14-16)9-8-26)6-7-20(22)34-24-31-12-18(25(27,28)29)23(35-24)33-19-5-3-2-4-17(19)21(37)11-30/h2-7,10,12,16,32H,8-9,11,13-14,30H2,1H3,(H2,31,33,34,35). The number of likely N-dealkylation sites (tertiary alicyclic amines) is 1. The number of carbonyl (C=O) groups is 1. The molecule has 4 rings (SSSR count). The minimum atomic E-state index is -4.75. The second-order valence-electron chi connectivity index (χ2n) is 8.58. The van der Waals surface area contributed by atoms with Gasteiger partial charge in [0, 0.05) is 43.1 Å². The van der Waals surface area contributed by atoms with E-state index in [-0.39, 0.29) is 36.5 Å². The number of ketones is 1. The third-order valence-electron chi connectivity index (χ3n) is 5.94. The highest BCUT2D eigenvalue weighted by molar-refractivity contribution is 6.03. The first kappa shape index (κ1) is 27.1. The normalized spacial score (nSPS) is 14.1. The summed E-state index contributed by atoms with van der Waals surface area (Å²) in [4.78, 5) is 22.0. The molecule has 2 heterocycles. The molecule has 9 nitrogen and oxygen atoms in total. The molecule has 1 saturated heterocycles. The van der Waals surface area contributed by atoms with Crippen LogP contribution in [0.25, 0.3) is 0 Å². The third kappa shape index (κ3) is 6.29. The van der Waals surface area contributed by atoms with Crippen LogP contribution in [0.1, 0.15) is 15.9 Å². The van der Waals surface area contributed by atoms with E-state index in [0.717, 1.165) is 18.8 Å². The Hall–Kier alpha value is -3.97. The Kier molecular flexibility index (Phi) is 8.27. The monoisotopic (exact) mass is 533 g/mol. The summed E-state index contributed by atoms with van der Waals surface area (Å²) in [6.07, 6.45) is -4.09. The van der Waals surface area contributed by atoms with Crippen molar-refractivity contribution >= 4 is 34.6 Å². The number of hydrogen-bond donors (Lipinski definition) is 4. The number of methoxy groups -OCH3 is 1. The van der Waals surface area contributed by atoms with E-state index in [2.05, 4.69) is 25.9 Å². The smallest absolute Gasteiger partial charge is 0.421 e. The van der Waals surface area contributed by atoms with Gasteiger partial charge in [0.2, 0.25) is 5.95 Å². The van der Waals surface area contributed by atoms with Gasteiger partial charge in [-0.15, -0.1) is 0 Å². The zero-order chi connectivity index (χ0) is 27.3.